The smallest absolute Gasteiger partial charge is 0.143 e. The lowest BCUT2D eigenvalue weighted by Crippen LogP contribution is -2.13. The third-order valence-corrected chi connectivity index (χ3v) is 7.43. The van der Waals surface area contributed by atoms with Gasteiger partial charge < -0.3 is 9.64 Å². The van der Waals surface area contributed by atoms with Crippen molar-refractivity contribution in [2.75, 3.05) is 4.90 Å². The van der Waals surface area contributed by atoms with Crippen LogP contribution in [0.15, 0.2) is 125 Å². The fourth-order valence-corrected chi connectivity index (χ4v) is 5.79. The average molecular weight is 442 g/mol. The van der Waals surface area contributed by atoms with Crippen LogP contribution in [0, 0.1) is 0 Å². The maximum Gasteiger partial charge on any atom is 0.143 e. The van der Waals surface area contributed by atoms with E-state index in [1.165, 1.54) is 22.3 Å². The Balaban J connectivity index is 1.40. The standard InChI is InChI=1S/C30H19NOS/c1-2-9-20(10-3-1)31(21-17-18-24-22-11-4-5-12-23(22)25(24)19-21)26-13-8-15-28-30(26)33-29-16-7-6-14-27(29)32-28/h1-19H. The molecule has 0 saturated carbocycles. The number of hydrogen-bond acceptors (Lipinski definition) is 3. The second-order valence-electron chi connectivity index (χ2n) is 8.20. The number of hydrogen-bond donors (Lipinski definition) is 0. The van der Waals surface area contributed by atoms with Crippen LogP contribution in [-0.4, -0.2) is 0 Å². The fraction of sp³-hybridized carbons (Fsp3) is 0. The third-order valence-electron chi connectivity index (χ3n) is 6.26. The number of fused-ring (bicyclic) bond motifs is 6. The summed E-state index contributed by atoms with van der Waals surface area (Å²) in [5.74, 6) is 1.81. The lowest BCUT2D eigenvalue weighted by atomic mass is 9.80. The van der Waals surface area contributed by atoms with Crippen LogP contribution < -0.4 is 9.64 Å². The second-order valence-corrected chi connectivity index (χ2v) is 9.25. The zero-order valence-corrected chi connectivity index (χ0v) is 18.5. The monoisotopic (exact) mass is 441 g/mol. The first-order valence-corrected chi connectivity index (χ1v) is 11.9. The molecule has 0 N–H and O–H groups in total. The van der Waals surface area contributed by atoms with Crippen LogP contribution in [0.5, 0.6) is 11.5 Å². The maximum atomic E-state index is 6.29. The van der Waals surface area contributed by atoms with Gasteiger partial charge in [-0.2, -0.15) is 0 Å². The van der Waals surface area contributed by atoms with E-state index in [0.29, 0.717) is 0 Å². The number of rotatable bonds is 3. The molecule has 33 heavy (non-hydrogen) atoms. The highest BCUT2D eigenvalue weighted by molar-refractivity contribution is 7.99. The van der Waals surface area contributed by atoms with E-state index in [-0.39, 0.29) is 0 Å². The molecule has 1 aliphatic heterocycles. The predicted octanol–water partition coefficient (Wildman–Crippen LogP) is 9.06. The third kappa shape index (κ3) is 2.90. The molecule has 2 nitrogen and oxygen atoms in total. The molecule has 0 bridgehead atoms. The Morgan fingerprint density at radius 3 is 2.09 bits per heavy atom. The Morgan fingerprint density at radius 2 is 1.21 bits per heavy atom. The molecule has 0 spiro atoms. The number of nitrogens with zero attached hydrogens (tertiary/aromatic N) is 1. The van der Waals surface area contributed by atoms with Crippen LogP contribution in [0.2, 0.25) is 0 Å². The van der Waals surface area contributed by atoms with E-state index in [9.17, 15) is 0 Å². The molecule has 0 saturated heterocycles. The first-order valence-electron chi connectivity index (χ1n) is 11.0. The highest BCUT2D eigenvalue weighted by atomic mass is 32.2. The highest BCUT2D eigenvalue weighted by Gasteiger charge is 2.27. The second kappa shape index (κ2) is 7.29. The van der Waals surface area contributed by atoms with Crippen molar-refractivity contribution in [2.45, 2.75) is 9.79 Å². The van der Waals surface area contributed by atoms with Crippen molar-refractivity contribution < 1.29 is 4.74 Å². The molecule has 5 aromatic carbocycles. The van der Waals surface area contributed by atoms with Crippen LogP contribution in [0.4, 0.5) is 17.1 Å². The van der Waals surface area contributed by atoms with E-state index >= 15 is 0 Å². The van der Waals surface area contributed by atoms with E-state index in [1.54, 1.807) is 11.8 Å². The van der Waals surface area contributed by atoms with E-state index < -0.39 is 0 Å². The molecule has 7 rings (SSSR count). The Labute approximate surface area is 197 Å². The molecule has 0 atom stereocenters. The van der Waals surface area contributed by atoms with E-state index in [0.717, 1.165) is 38.4 Å². The van der Waals surface area contributed by atoms with Gasteiger partial charge in [-0.1, -0.05) is 78.5 Å². The maximum absolute atomic E-state index is 6.29. The van der Waals surface area contributed by atoms with Gasteiger partial charge in [-0.15, -0.1) is 0 Å². The molecular formula is C30H19NOS. The van der Waals surface area contributed by atoms with Crippen molar-refractivity contribution in [3.8, 4) is 33.8 Å². The minimum atomic E-state index is 0.895. The molecule has 1 aliphatic carbocycles. The lowest BCUT2D eigenvalue weighted by molar-refractivity contribution is 0.455. The normalized spacial score (nSPS) is 12.4. The zero-order chi connectivity index (χ0) is 21.8. The first kappa shape index (κ1) is 18.6. The Bertz CT molecular complexity index is 1530. The number of para-hydroxylation sites is 2. The summed E-state index contributed by atoms with van der Waals surface area (Å²) in [5, 5.41) is 0. The number of anilines is 3. The topological polar surface area (TPSA) is 12.5 Å². The minimum Gasteiger partial charge on any atom is -0.455 e. The molecule has 0 unspecified atom stereocenters. The predicted molar refractivity (Wildman–Crippen MR) is 136 cm³/mol. The van der Waals surface area contributed by atoms with Crippen molar-refractivity contribution in [2.24, 2.45) is 0 Å². The van der Waals surface area contributed by atoms with E-state index in [1.807, 2.05) is 12.1 Å². The molecular weight excluding hydrogens is 422 g/mol. The van der Waals surface area contributed by atoms with Gasteiger partial charge in [0, 0.05) is 11.4 Å². The van der Waals surface area contributed by atoms with Gasteiger partial charge in [-0.25, -0.2) is 0 Å². The highest BCUT2D eigenvalue weighted by Crippen LogP contribution is 2.54. The molecule has 5 aromatic rings. The van der Waals surface area contributed by atoms with Gasteiger partial charge in [0.05, 0.1) is 15.5 Å². The van der Waals surface area contributed by atoms with Crippen molar-refractivity contribution in [3.63, 3.8) is 0 Å². The summed E-state index contributed by atoms with van der Waals surface area (Å²) in [5.41, 5.74) is 8.67. The molecule has 2 aliphatic rings. The lowest BCUT2D eigenvalue weighted by Gasteiger charge is -2.32. The summed E-state index contributed by atoms with van der Waals surface area (Å²) >= 11 is 1.77. The van der Waals surface area contributed by atoms with Crippen molar-refractivity contribution in [3.05, 3.63) is 115 Å². The van der Waals surface area contributed by atoms with Crippen LogP contribution in [-0.2, 0) is 0 Å². The molecule has 0 amide bonds. The van der Waals surface area contributed by atoms with Crippen molar-refractivity contribution >= 4 is 28.8 Å². The molecule has 1 heterocycles. The zero-order valence-electron chi connectivity index (χ0n) is 17.7. The van der Waals surface area contributed by atoms with Gasteiger partial charge in [0.1, 0.15) is 11.5 Å². The summed E-state index contributed by atoms with van der Waals surface area (Å²) in [7, 11) is 0. The summed E-state index contributed by atoms with van der Waals surface area (Å²) < 4.78 is 6.29. The van der Waals surface area contributed by atoms with Crippen molar-refractivity contribution in [1.29, 1.82) is 0 Å². The Morgan fingerprint density at radius 1 is 0.515 bits per heavy atom. The van der Waals surface area contributed by atoms with E-state index in [2.05, 4.69) is 108 Å². The average Bonchev–Trinajstić information content (AvgIpc) is 2.87. The Hall–Kier alpha value is -3.95. The summed E-state index contributed by atoms with van der Waals surface area (Å²) in [6.45, 7) is 0. The van der Waals surface area contributed by atoms with Gasteiger partial charge in [0.25, 0.3) is 0 Å². The fourth-order valence-electron chi connectivity index (χ4n) is 4.73. The quantitative estimate of drug-likeness (QED) is 0.271. The molecule has 156 valence electrons. The van der Waals surface area contributed by atoms with Crippen LogP contribution in [0.25, 0.3) is 22.3 Å². The summed E-state index contributed by atoms with van der Waals surface area (Å²) in [6, 6.07) is 40.5. The van der Waals surface area contributed by atoms with Gasteiger partial charge in [-0.3, -0.25) is 0 Å². The van der Waals surface area contributed by atoms with Crippen molar-refractivity contribution in [1.82, 2.24) is 0 Å². The SMILES string of the molecule is c1ccc(N(c2ccc3c(c2)-c2ccccc2-3)c2cccc3c2Sc2ccccc2O3)cc1. The van der Waals surface area contributed by atoms with Gasteiger partial charge >= 0.3 is 0 Å². The largest absolute Gasteiger partial charge is 0.455 e. The van der Waals surface area contributed by atoms with Crippen LogP contribution >= 0.6 is 11.8 Å². The van der Waals surface area contributed by atoms with Gasteiger partial charge in [-0.05, 0) is 70.8 Å². The van der Waals surface area contributed by atoms with E-state index in [4.69, 9.17) is 4.74 Å². The molecule has 3 heteroatoms. The number of ether oxygens (including phenoxy) is 1. The molecule has 0 aromatic heterocycles. The number of benzene rings is 5. The minimum absolute atomic E-state index is 0.895. The first-order chi connectivity index (χ1) is 16.4. The summed E-state index contributed by atoms with van der Waals surface area (Å²) in [4.78, 5) is 4.60. The molecule has 0 radical (unpaired) electrons. The van der Waals surface area contributed by atoms with Gasteiger partial charge in [0.15, 0.2) is 0 Å². The van der Waals surface area contributed by atoms with Crippen LogP contribution in [0.1, 0.15) is 0 Å². The molecule has 0 fully saturated rings. The van der Waals surface area contributed by atoms with Crippen LogP contribution in [0.3, 0.4) is 0 Å². The summed E-state index contributed by atoms with van der Waals surface area (Å²) in [6.07, 6.45) is 0. The van der Waals surface area contributed by atoms with Gasteiger partial charge in [0.2, 0.25) is 0 Å². The Kier molecular flexibility index (Phi) is 4.11.